The van der Waals surface area contributed by atoms with Gasteiger partial charge in [0, 0.05) is 35.6 Å². The predicted octanol–water partition coefficient (Wildman–Crippen LogP) is 4.33. The molecule has 2 heterocycles. The first-order chi connectivity index (χ1) is 14.4. The zero-order chi connectivity index (χ0) is 21.3. The average molecular weight is 423 g/mol. The number of benzene rings is 1. The third-order valence-electron chi connectivity index (χ3n) is 5.29. The number of carbonyl (C=O) groups excluding carboxylic acids is 2. The van der Waals surface area contributed by atoms with Crippen molar-refractivity contribution in [2.75, 3.05) is 19.4 Å². The van der Waals surface area contributed by atoms with Gasteiger partial charge >= 0.3 is 0 Å². The van der Waals surface area contributed by atoms with Gasteiger partial charge in [0.05, 0.1) is 11.1 Å². The topological polar surface area (TPSA) is 74.3 Å². The Hall–Kier alpha value is -2.77. The molecule has 0 bridgehead atoms. The Morgan fingerprint density at radius 1 is 1.03 bits per heavy atom. The fourth-order valence-corrected chi connectivity index (χ4v) is 5.16. The number of hydrogen-bond donors (Lipinski definition) is 2. The van der Waals surface area contributed by atoms with Crippen LogP contribution in [0.25, 0.3) is 10.9 Å². The number of rotatable bonds is 4. The first kappa shape index (κ1) is 20.5. The molecule has 7 heteroatoms. The largest absolute Gasteiger partial charge is 0.313 e. The lowest BCUT2D eigenvalue weighted by molar-refractivity contribution is 0.0857. The average Bonchev–Trinajstić information content (AvgIpc) is 2.87. The van der Waals surface area contributed by atoms with E-state index in [4.69, 9.17) is 0 Å². The van der Waals surface area contributed by atoms with Crippen molar-refractivity contribution in [1.82, 2.24) is 15.4 Å². The summed E-state index contributed by atoms with van der Waals surface area (Å²) in [5, 5.41) is 6.20. The molecule has 1 aliphatic carbocycles. The van der Waals surface area contributed by atoms with Gasteiger partial charge in [0.1, 0.15) is 5.00 Å². The van der Waals surface area contributed by atoms with Crippen LogP contribution < -0.4 is 10.7 Å². The summed E-state index contributed by atoms with van der Waals surface area (Å²) < 4.78 is 0. The van der Waals surface area contributed by atoms with Crippen LogP contribution in [0.15, 0.2) is 30.3 Å². The molecule has 3 aromatic rings. The molecule has 0 saturated heterocycles. The minimum Gasteiger partial charge on any atom is -0.313 e. The second-order valence-electron chi connectivity index (χ2n) is 7.92. The highest BCUT2D eigenvalue weighted by Gasteiger charge is 2.26. The lowest BCUT2D eigenvalue weighted by Gasteiger charge is -2.14. The van der Waals surface area contributed by atoms with E-state index in [2.05, 4.69) is 15.7 Å². The van der Waals surface area contributed by atoms with Crippen LogP contribution in [-0.2, 0) is 12.8 Å². The summed E-state index contributed by atoms with van der Waals surface area (Å²) in [6.07, 6.45) is 5.18. The summed E-state index contributed by atoms with van der Waals surface area (Å²) in [6, 6.07) is 9.39. The Labute approximate surface area is 180 Å². The van der Waals surface area contributed by atoms with Gasteiger partial charge in [-0.25, -0.2) is 5.01 Å². The van der Waals surface area contributed by atoms with Crippen LogP contribution in [0.5, 0.6) is 0 Å². The van der Waals surface area contributed by atoms with Crippen LogP contribution in [-0.4, -0.2) is 35.9 Å². The van der Waals surface area contributed by atoms with Crippen LogP contribution in [0.4, 0.5) is 5.00 Å². The number of nitrogens with one attached hydrogen (secondary N) is 2. The monoisotopic (exact) mass is 422 g/mol. The van der Waals surface area contributed by atoms with E-state index in [1.54, 1.807) is 25.2 Å². The molecule has 0 atom stereocenters. The number of pyridine rings is 1. The molecule has 30 heavy (non-hydrogen) atoms. The number of thiophene rings is 1. The number of aromatic nitrogens is 1. The molecule has 0 spiro atoms. The van der Waals surface area contributed by atoms with Crippen molar-refractivity contribution in [3.05, 3.63) is 57.6 Å². The van der Waals surface area contributed by atoms with Crippen LogP contribution in [0.1, 0.15) is 56.1 Å². The van der Waals surface area contributed by atoms with E-state index in [1.807, 2.05) is 31.2 Å². The highest BCUT2D eigenvalue weighted by atomic mass is 32.1. The van der Waals surface area contributed by atoms with Gasteiger partial charge in [0.2, 0.25) is 0 Å². The van der Waals surface area contributed by atoms with Crippen LogP contribution in [0, 0.1) is 6.92 Å². The molecule has 0 aliphatic heterocycles. The molecule has 4 rings (SSSR count). The van der Waals surface area contributed by atoms with Gasteiger partial charge in [-0.3, -0.25) is 20.0 Å². The third kappa shape index (κ3) is 4.22. The molecule has 0 radical (unpaired) electrons. The molecule has 2 amide bonds. The molecule has 156 valence electrons. The molecule has 1 aliphatic rings. The highest BCUT2D eigenvalue weighted by Crippen LogP contribution is 2.37. The van der Waals surface area contributed by atoms with Crippen LogP contribution in [0.3, 0.4) is 0 Å². The van der Waals surface area contributed by atoms with E-state index in [0.717, 1.165) is 47.8 Å². The number of amides is 2. The SMILES string of the molecule is Cc1ccc2cc(C(=O)Nc3sc4c(c3C(=O)NN(C)C)CCCCC4)ccc2n1. The summed E-state index contributed by atoms with van der Waals surface area (Å²) >= 11 is 1.54. The molecular formula is C23H26N4O2S. The van der Waals surface area contributed by atoms with Gasteiger partial charge in [-0.15, -0.1) is 11.3 Å². The number of carbonyl (C=O) groups is 2. The van der Waals surface area contributed by atoms with E-state index in [9.17, 15) is 9.59 Å². The second-order valence-corrected chi connectivity index (χ2v) is 9.02. The fraction of sp³-hybridized carbons (Fsp3) is 0.348. The molecule has 0 saturated carbocycles. The lowest BCUT2D eigenvalue weighted by Crippen LogP contribution is -2.36. The molecule has 2 N–H and O–H groups in total. The zero-order valence-electron chi connectivity index (χ0n) is 17.5. The second kappa shape index (κ2) is 8.53. The van der Waals surface area contributed by atoms with E-state index in [1.165, 1.54) is 22.6 Å². The van der Waals surface area contributed by atoms with Gasteiger partial charge in [-0.2, -0.15) is 0 Å². The zero-order valence-corrected chi connectivity index (χ0v) is 18.4. The summed E-state index contributed by atoms with van der Waals surface area (Å²) in [6.45, 7) is 1.95. The van der Waals surface area contributed by atoms with E-state index in [0.29, 0.717) is 16.1 Å². The van der Waals surface area contributed by atoms with E-state index < -0.39 is 0 Å². The van der Waals surface area contributed by atoms with Crippen molar-refractivity contribution in [1.29, 1.82) is 0 Å². The molecule has 1 aromatic carbocycles. The van der Waals surface area contributed by atoms with Crippen LogP contribution in [0.2, 0.25) is 0 Å². The first-order valence-electron chi connectivity index (χ1n) is 10.2. The van der Waals surface area contributed by atoms with Gasteiger partial charge in [-0.05, 0) is 62.4 Å². The summed E-state index contributed by atoms with van der Waals surface area (Å²) in [7, 11) is 3.57. The fourth-order valence-electron chi connectivity index (χ4n) is 3.87. The van der Waals surface area contributed by atoms with Crippen molar-refractivity contribution in [3.8, 4) is 0 Å². The maximum atomic E-state index is 13.0. The third-order valence-corrected chi connectivity index (χ3v) is 6.50. The van der Waals surface area contributed by atoms with Gasteiger partial charge < -0.3 is 5.32 Å². The first-order valence-corrected chi connectivity index (χ1v) is 11.1. The van der Waals surface area contributed by atoms with E-state index in [-0.39, 0.29) is 11.8 Å². The molecule has 2 aromatic heterocycles. The van der Waals surface area contributed by atoms with Crippen molar-refractivity contribution in [2.45, 2.75) is 39.0 Å². The maximum Gasteiger partial charge on any atom is 0.268 e. The van der Waals surface area contributed by atoms with Crippen LogP contribution >= 0.6 is 11.3 Å². The number of anilines is 1. The lowest BCUT2D eigenvalue weighted by atomic mass is 10.0. The normalized spacial score (nSPS) is 13.7. The van der Waals surface area contributed by atoms with Gasteiger partial charge in [0.15, 0.2) is 0 Å². The molecule has 0 fully saturated rings. The highest BCUT2D eigenvalue weighted by molar-refractivity contribution is 7.17. The number of aryl methyl sites for hydroxylation is 2. The molecular weight excluding hydrogens is 396 g/mol. The minimum absolute atomic E-state index is 0.173. The van der Waals surface area contributed by atoms with Crippen molar-refractivity contribution in [2.24, 2.45) is 0 Å². The predicted molar refractivity (Wildman–Crippen MR) is 121 cm³/mol. The van der Waals surface area contributed by atoms with E-state index >= 15 is 0 Å². The van der Waals surface area contributed by atoms with Gasteiger partial charge in [0.25, 0.3) is 11.8 Å². The van der Waals surface area contributed by atoms with Crippen molar-refractivity contribution in [3.63, 3.8) is 0 Å². The summed E-state index contributed by atoms with van der Waals surface area (Å²) in [4.78, 5) is 31.7. The molecule has 6 nitrogen and oxygen atoms in total. The number of hydrazine groups is 1. The number of hydrogen-bond acceptors (Lipinski definition) is 5. The standard InChI is InChI=1S/C23H26N4O2S/c1-14-9-10-15-13-16(11-12-18(15)24-14)21(28)25-23-20(22(29)26-27(2)3)17-7-5-4-6-8-19(17)30-23/h9-13H,4-8H2,1-3H3,(H,25,28)(H,26,29). The van der Waals surface area contributed by atoms with Crippen molar-refractivity contribution < 1.29 is 9.59 Å². The van der Waals surface area contributed by atoms with Crippen molar-refractivity contribution >= 4 is 39.1 Å². The quantitative estimate of drug-likeness (QED) is 0.485. The Kier molecular flexibility index (Phi) is 5.83. The Morgan fingerprint density at radius 3 is 2.63 bits per heavy atom. The maximum absolute atomic E-state index is 13.0. The Morgan fingerprint density at radius 2 is 1.83 bits per heavy atom. The van der Waals surface area contributed by atoms with Gasteiger partial charge in [-0.1, -0.05) is 12.5 Å². The minimum atomic E-state index is -0.215. The Bertz CT molecular complexity index is 1120. The smallest absolute Gasteiger partial charge is 0.268 e. The molecule has 0 unspecified atom stereocenters. The summed E-state index contributed by atoms with van der Waals surface area (Å²) in [5.41, 5.74) is 6.89. The summed E-state index contributed by atoms with van der Waals surface area (Å²) in [5.74, 6) is -0.388. The Balaban J connectivity index is 1.67. The number of nitrogens with zero attached hydrogens (tertiary/aromatic N) is 2. The number of fused-ring (bicyclic) bond motifs is 2.